The maximum atomic E-state index is 13.6. The van der Waals surface area contributed by atoms with Gasteiger partial charge in [0.05, 0.1) is 25.9 Å². The van der Waals surface area contributed by atoms with Gasteiger partial charge in [0.1, 0.15) is 11.6 Å². The van der Waals surface area contributed by atoms with Gasteiger partial charge in [-0.2, -0.15) is 0 Å². The zero-order valence-corrected chi connectivity index (χ0v) is 17.1. The molecule has 0 aliphatic carbocycles. The highest BCUT2D eigenvalue weighted by molar-refractivity contribution is 5.94. The molecule has 0 aliphatic heterocycles. The van der Waals surface area contributed by atoms with Gasteiger partial charge in [-0.05, 0) is 49.2 Å². The largest absolute Gasteiger partial charge is 0.495 e. The number of rotatable bonds is 10. The number of para-hydroxylation sites is 2. The van der Waals surface area contributed by atoms with Crippen molar-refractivity contribution in [1.29, 1.82) is 0 Å². The lowest BCUT2D eigenvalue weighted by atomic mass is 10.1. The molecule has 0 spiro atoms. The van der Waals surface area contributed by atoms with Crippen LogP contribution >= 0.6 is 0 Å². The highest BCUT2D eigenvalue weighted by Crippen LogP contribution is 2.22. The lowest BCUT2D eigenvalue weighted by Crippen LogP contribution is -2.41. The normalized spacial score (nSPS) is 10.7. The molecule has 6 nitrogen and oxygen atoms in total. The predicted molar refractivity (Wildman–Crippen MR) is 111 cm³/mol. The van der Waals surface area contributed by atoms with E-state index in [1.807, 2.05) is 19.1 Å². The average molecular weight is 401 g/mol. The van der Waals surface area contributed by atoms with Crippen molar-refractivity contribution >= 4 is 17.5 Å². The van der Waals surface area contributed by atoms with E-state index in [0.29, 0.717) is 29.1 Å². The molecule has 2 aromatic carbocycles. The van der Waals surface area contributed by atoms with Gasteiger partial charge >= 0.3 is 0 Å². The standard InChI is InChI=1S/C22H28FN3O3/c1-4-11-26(15-22(28)25-19-7-5-6-8-20(19)29-3)14-21(27)24-13-17-10-9-16(2)18(23)12-17/h5-10,12H,4,11,13-15H2,1-3H3,(H,24,27)(H,25,28). The van der Waals surface area contributed by atoms with E-state index in [2.05, 4.69) is 10.6 Å². The van der Waals surface area contributed by atoms with Crippen LogP contribution < -0.4 is 15.4 Å². The average Bonchev–Trinajstić information content (AvgIpc) is 2.69. The molecule has 2 N–H and O–H groups in total. The molecule has 0 atom stereocenters. The van der Waals surface area contributed by atoms with Crippen LogP contribution in [0.3, 0.4) is 0 Å². The summed E-state index contributed by atoms with van der Waals surface area (Å²) in [6.07, 6.45) is 0.804. The molecular formula is C22H28FN3O3. The molecule has 0 heterocycles. The number of amides is 2. The first kappa shape index (κ1) is 22.4. The number of hydrogen-bond acceptors (Lipinski definition) is 4. The Morgan fingerprint density at radius 1 is 1.10 bits per heavy atom. The Labute approximate surface area is 171 Å². The summed E-state index contributed by atoms with van der Waals surface area (Å²) in [5.41, 5.74) is 1.84. The number of anilines is 1. The topological polar surface area (TPSA) is 70.7 Å². The number of nitrogens with zero attached hydrogens (tertiary/aromatic N) is 1. The molecule has 0 aliphatic rings. The first-order valence-electron chi connectivity index (χ1n) is 9.59. The second kappa shape index (κ2) is 11.2. The predicted octanol–water partition coefficient (Wildman–Crippen LogP) is 3.11. The van der Waals surface area contributed by atoms with Gasteiger partial charge in [0, 0.05) is 6.54 Å². The molecule has 0 fully saturated rings. The molecule has 2 aromatic rings. The summed E-state index contributed by atoms with van der Waals surface area (Å²) < 4.78 is 18.9. The van der Waals surface area contributed by atoms with Crippen LogP contribution in [0.1, 0.15) is 24.5 Å². The number of nitrogens with one attached hydrogen (secondary N) is 2. The second-order valence-corrected chi connectivity index (χ2v) is 6.82. The summed E-state index contributed by atoms with van der Waals surface area (Å²) in [5, 5.41) is 5.59. The van der Waals surface area contributed by atoms with Crippen LogP contribution in [0.5, 0.6) is 5.75 Å². The summed E-state index contributed by atoms with van der Waals surface area (Å²) in [7, 11) is 1.54. The summed E-state index contributed by atoms with van der Waals surface area (Å²) in [6, 6.07) is 12.0. The van der Waals surface area contributed by atoms with Gasteiger partial charge in [-0.3, -0.25) is 14.5 Å². The zero-order chi connectivity index (χ0) is 21.2. The lowest BCUT2D eigenvalue weighted by Gasteiger charge is -2.21. The Bertz CT molecular complexity index is 842. The van der Waals surface area contributed by atoms with E-state index < -0.39 is 0 Å². The highest BCUT2D eigenvalue weighted by atomic mass is 19.1. The Balaban J connectivity index is 1.88. The SMILES string of the molecule is CCCN(CC(=O)NCc1ccc(C)c(F)c1)CC(=O)Nc1ccccc1OC. The third-order valence-electron chi connectivity index (χ3n) is 4.38. The maximum Gasteiger partial charge on any atom is 0.238 e. The third kappa shape index (κ3) is 7.19. The minimum Gasteiger partial charge on any atom is -0.495 e. The van der Waals surface area contributed by atoms with Crippen LogP contribution in [0, 0.1) is 12.7 Å². The van der Waals surface area contributed by atoms with E-state index in [0.717, 1.165) is 6.42 Å². The van der Waals surface area contributed by atoms with Crippen molar-refractivity contribution in [3.05, 3.63) is 59.4 Å². The molecule has 0 radical (unpaired) electrons. The molecule has 0 bridgehead atoms. The zero-order valence-electron chi connectivity index (χ0n) is 17.1. The fourth-order valence-corrected chi connectivity index (χ4v) is 2.88. The summed E-state index contributed by atoms with van der Waals surface area (Å²) >= 11 is 0. The van der Waals surface area contributed by atoms with E-state index in [4.69, 9.17) is 4.74 Å². The minimum atomic E-state index is -0.294. The molecule has 0 aromatic heterocycles. The number of carbonyl (C=O) groups is 2. The first-order chi connectivity index (χ1) is 13.9. The van der Waals surface area contributed by atoms with Crippen LogP contribution in [0.4, 0.5) is 10.1 Å². The van der Waals surface area contributed by atoms with Gasteiger partial charge in [0.25, 0.3) is 0 Å². The van der Waals surface area contributed by atoms with E-state index >= 15 is 0 Å². The second-order valence-electron chi connectivity index (χ2n) is 6.82. The van der Waals surface area contributed by atoms with Crippen LogP contribution in [0.2, 0.25) is 0 Å². The molecule has 0 unspecified atom stereocenters. The van der Waals surface area contributed by atoms with Crippen molar-refractivity contribution < 1.29 is 18.7 Å². The monoisotopic (exact) mass is 401 g/mol. The number of halogens is 1. The van der Waals surface area contributed by atoms with Gasteiger partial charge in [-0.25, -0.2) is 4.39 Å². The first-order valence-corrected chi connectivity index (χ1v) is 9.59. The summed E-state index contributed by atoms with van der Waals surface area (Å²) in [5.74, 6) is -0.163. The van der Waals surface area contributed by atoms with Crippen molar-refractivity contribution in [3.8, 4) is 5.75 Å². The highest BCUT2D eigenvalue weighted by Gasteiger charge is 2.15. The van der Waals surface area contributed by atoms with Crippen LogP contribution in [0.25, 0.3) is 0 Å². The van der Waals surface area contributed by atoms with Crippen LogP contribution in [0.15, 0.2) is 42.5 Å². The molecule has 29 heavy (non-hydrogen) atoms. The van der Waals surface area contributed by atoms with Gasteiger partial charge < -0.3 is 15.4 Å². The number of hydrogen-bond donors (Lipinski definition) is 2. The Morgan fingerprint density at radius 2 is 1.83 bits per heavy atom. The molecular weight excluding hydrogens is 373 g/mol. The summed E-state index contributed by atoms with van der Waals surface area (Å²) in [4.78, 5) is 26.5. The van der Waals surface area contributed by atoms with Crippen molar-refractivity contribution in [1.82, 2.24) is 10.2 Å². The molecule has 2 amide bonds. The fraction of sp³-hybridized carbons (Fsp3) is 0.364. The van der Waals surface area contributed by atoms with Gasteiger partial charge in [0.15, 0.2) is 0 Å². The molecule has 0 saturated carbocycles. The van der Waals surface area contributed by atoms with Gasteiger partial charge in [0.2, 0.25) is 11.8 Å². The lowest BCUT2D eigenvalue weighted by molar-refractivity contribution is -0.123. The van der Waals surface area contributed by atoms with Crippen molar-refractivity contribution in [2.24, 2.45) is 0 Å². The van der Waals surface area contributed by atoms with Gasteiger partial charge in [-0.1, -0.05) is 31.2 Å². The maximum absolute atomic E-state index is 13.6. The van der Waals surface area contributed by atoms with Crippen molar-refractivity contribution in [3.63, 3.8) is 0 Å². The molecule has 156 valence electrons. The van der Waals surface area contributed by atoms with Gasteiger partial charge in [-0.15, -0.1) is 0 Å². The molecule has 2 rings (SSSR count). The van der Waals surface area contributed by atoms with Crippen molar-refractivity contribution in [2.75, 3.05) is 32.1 Å². The smallest absolute Gasteiger partial charge is 0.238 e. The van der Waals surface area contributed by atoms with Crippen molar-refractivity contribution in [2.45, 2.75) is 26.8 Å². The molecule has 7 heteroatoms. The van der Waals surface area contributed by atoms with E-state index in [9.17, 15) is 14.0 Å². The summed E-state index contributed by atoms with van der Waals surface area (Å²) in [6.45, 7) is 4.68. The Hall–Kier alpha value is -2.93. The number of carbonyl (C=O) groups excluding carboxylic acids is 2. The third-order valence-corrected chi connectivity index (χ3v) is 4.38. The quantitative estimate of drug-likeness (QED) is 0.642. The fourth-order valence-electron chi connectivity index (χ4n) is 2.88. The van der Waals surface area contributed by atoms with E-state index in [-0.39, 0.29) is 37.3 Å². The number of ether oxygens (including phenoxy) is 1. The Morgan fingerprint density at radius 3 is 2.52 bits per heavy atom. The van der Waals surface area contributed by atoms with Crippen LogP contribution in [-0.2, 0) is 16.1 Å². The minimum absolute atomic E-state index is 0.0818. The molecule has 0 saturated heterocycles. The van der Waals surface area contributed by atoms with E-state index in [1.54, 1.807) is 43.2 Å². The number of benzene rings is 2. The Kier molecular flexibility index (Phi) is 8.61. The number of methoxy groups -OCH3 is 1. The number of aryl methyl sites for hydroxylation is 1. The van der Waals surface area contributed by atoms with Crippen LogP contribution in [-0.4, -0.2) is 43.5 Å². The van der Waals surface area contributed by atoms with E-state index in [1.165, 1.54) is 6.07 Å².